The zero-order valence-electron chi connectivity index (χ0n) is 11.7. The Morgan fingerprint density at radius 2 is 2.30 bits per heavy atom. The fourth-order valence-corrected chi connectivity index (χ4v) is 2.75. The summed E-state index contributed by atoms with van der Waals surface area (Å²) in [6, 6.07) is 8.08. The summed E-state index contributed by atoms with van der Waals surface area (Å²) in [5, 5.41) is 3.26. The maximum Gasteiger partial charge on any atom is 0.189 e. The largest absolute Gasteiger partial charge is 0.488 e. The van der Waals surface area contributed by atoms with E-state index >= 15 is 0 Å². The van der Waals surface area contributed by atoms with Crippen molar-refractivity contribution in [1.29, 1.82) is 0 Å². The molecule has 2 aliphatic rings. The van der Waals surface area contributed by atoms with Crippen LogP contribution in [0, 0.1) is 0 Å². The van der Waals surface area contributed by atoms with Crippen molar-refractivity contribution < 1.29 is 9.47 Å². The molecule has 3 unspecified atom stereocenters. The van der Waals surface area contributed by atoms with Gasteiger partial charge < -0.3 is 20.5 Å². The third kappa shape index (κ3) is 2.72. The van der Waals surface area contributed by atoms with Gasteiger partial charge in [-0.05, 0) is 25.8 Å². The number of rotatable bonds is 3. The third-order valence-corrected chi connectivity index (χ3v) is 3.83. The summed E-state index contributed by atoms with van der Waals surface area (Å²) < 4.78 is 11.3. The summed E-state index contributed by atoms with van der Waals surface area (Å²) in [5.74, 6) is 1.38. The van der Waals surface area contributed by atoms with Crippen LogP contribution in [0.25, 0.3) is 0 Å². The average Bonchev–Trinajstić information content (AvgIpc) is 3.06. The Morgan fingerprint density at radius 1 is 1.45 bits per heavy atom. The van der Waals surface area contributed by atoms with E-state index in [9.17, 15) is 0 Å². The van der Waals surface area contributed by atoms with Gasteiger partial charge in [0.2, 0.25) is 0 Å². The van der Waals surface area contributed by atoms with Crippen molar-refractivity contribution >= 4 is 5.96 Å². The minimum Gasteiger partial charge on any atom is -0.488 e. The maximum atomic E-state index is 5.98. The lowest BCUT2D eigenvalue weighted by Crippen LogP contribution is -2.39. The molecule has 5 heteroatoms. The molecule has 20 heavy (non-hydrogen) atoms. The van der Waals surface area contributed by atoms with Gasteiger partial charge in [-0.3, -0.25) is 4.99 Å². The first-order valence-electron chi connectivity index (χ1n) is 7.17. The summed E-state index contributed by atoms with van der Waals surface area (Å²) in [7, 11) is 0. The number of nitrogens with one attached hydrogen (secondary N) is 1. The van der Waals surface area contributed by atoms with E-state index in [1.54, 1.807) is 0 Å². The second-order valence-electron chi connectivity index (χ2n) is 5.34. The van der Waals surface area contributed by atoms with Gasteiger partial charge >= 0.3 is 0 Å². The molecule has 1 aromatic rings. The smallest absolute Gasteiger partial charge is 0.189 e. The van der Waals surface area contributed by atoms with Crippen LogP contribution in [0.4, 0.5) is 0 Å². The number of para-hydroxylation sites is 1. The topological polar surface area (TPSA) is 68.9 Å². The van der Waals surface area contributed by atoms with Crippen LogP contribution >= 0.6 is 0 Å². The normalized spacial score (nSPS) is 29.1. The summed E-state index contributed by atoms with van der Waals surface area (Å²) in [6.07, 6.45) is 2.46. The molecule has 1 fully saturated rings. The van der Waals surface area contributed by atoms with Gasteiger partial charge in [-0.1, -0.05) is 18.2 Å². The fourth-order valence-electron chi connectivity index (χ4n) is 2.75. The van der Waals surface area contributed by atoms with Crippen LogP contribution in [0.15, 0.2) is 29.3 Å². The first-order valence-corrected chi connectivity index (χ1v) is 7.17. The van der Waals surface area contributed by atoms with E-state index in [-0.39, 0.29) is 18.2 Å². The Balaban J connectivity index is 1.63. The average molecular weight is 275 g/mol. The number of hydrogen-bond donors (Lipinski definition) is 2. The summed E-state index contributed by atoms with van der Waals surface area (Å²) in [5.41, 5.74) is 7.11. The molecule has 3 N–H and O–H groups in total. The van der Waals surface area contributed by atoms with Gasteiger partial charge in [0.1, 0.15) is 11.9 Å². The van der Waals surface area contributed by atoms with Crippen LogP contribution in [0.2, 0.25) is 0 Å². The number of hydrogen-bond acceptors (Lipinski definition) is 3. The van der Waals surface area contributed by atoms with E-state index in [1.807, 2.05) is 25.1 Å². The van der Waals surface area contributed by atoms with Gasteiger partial charge in [0.05, 0.1) is 18.7 Å². The quantitative estimate of drug-likeness (QED) is 0.649. The molecule has 0 spiro atoms. The minimum atomic E-state index is 0.0453. The Labute approximate surface area is 119 Å². The predicted octanol–water partition coefficient (Wildman–Crippen LogP) is 1.59. The second-order valence-corrected chi connectivity index (χ2v) is 5.34. The minimum absolute atomic E-state index is 0.0453. The van der Waals surface area contributed by atoms with Crippen molar-refractivity contribution in [3.63, 3.8) is 0 Å². The molecule has 0 radical (unpaired) electrons. The molecule has 3 rings (SSSR count). The third-order valence-electron chi connectivity index (χ3n) is 3.83. The number of ether oxygens (including phenoxy) is 2. The molecule has 0 amide bonds. The monoisotopic (exact) mass is 275 g/mol. The molecule has 0 aliphatic carbocycles. The molecular formula is C15H21N3O2. The van der Waals surface area contributed by atoms with Gasteiger partial charge in [0, 0.05) is 12.2 Å². The standard InChI is InChI=1S/C15H21N3O2/c1-10-14(12-6-2-3-7-13(12)20-10)18-15(16)17-9-11-5-4-8-19-11/h2-3,6-7,10-11,14H,4-5,8-9H2,1H3,(H3,16,17,18). The van der Waals surface area contributed by atoms with Crippen LogP contribution in [0.5, 0.6) is 5.75 Å². The van der Waals surface area contributed by atoms with Crippen molar-refractivity contribution in [3.8, 4) is 5.75 Å². The van der Waals surface area contributed by atoms with Crippen LogP contribution in [-0.4, -0.2) is 31.3 Å². The van der Waals surface area contributed by atoms with Crippen LogP contribution < -0.4 is 15.8 Å². The molecule has 3 atom stereocenters. The molecule has 5 nitrogen and oxygen atoms in total. The molecule has 108 valence electrons. The lowest BCUT2D eigenvalue weighted by atomic mass is 10.1. The molecule has 2 heterocycles. The van der Waals surface area contributed by atoms with Crippen molar-refractivity contribution in [2.24, 2.45) is 10.7 Å². The Bertz CT molecular complexity index is 498. The first kappa shape index (κ1) is 13.2. The van der Waals surface area contributed by atoms with Gasteiger partial charge in [-0.2, -0.15) is 0 Å². The van der Waals surface area contributed by atoms with E-state index in [0.29, 0.717) is 12.5 Å². The second kappa shape index (κ2) is 5.71. The van der Waals surface area contributed by atoms with Crippen molar-refractivity contribution in [2.75, 3.05) is 13.2 Å². The van der Waals surface area contributed by atoms with E-state index in [1.165, 1.54) is 0 Å². The summed E-state index contributed by atoms with van der Waals surface area (Å²) >= 11 is 0. The Kier molecular flexibility index (Phi) is 3.78. The zero-order chi connectivity index (χ0) is 13.9. The van der Waals surface area contributed by atoms with E-state index in [4.69, 9.17) is 15.2 Å². The highest BCUT2D eigenvalue weighted by Gasteiger charge is 2.31. The highest BCUT2D eigenvalue weighted by molar-refractivity contribution is 5.78. The van der Waals surface area contributed by atoms with Crippen LogP contribution in [0.3, 0.4) is 0 Å². The highest BCUT2D eigenvalue weighted by Crippen LogP contribution is 2.35. The van der Waals surface area contributed by atoms with E-state index < -0.39 is 0 Å². The lowest BCUT2D eigenvalue weighted by Gasteiger charge is -2.17. The van der Waals surface area contributed by atoms with Gasteiger partial charge in [0.25, 0.3) is 0 Å². The van der Waals surface area contributed by atoms with Crippen molar-refractivity contribution in [3.05, 3.63) is 29.8 Å². The van der Waals surface area contributed by atoms with Crippen LogP contribution in [0.1, 0.15) is 31.4 Å². The van der Waals surface area contributed by atoms with Gasteiger partial charge in [0.15, 0.2) is 5.96 Å². The molecule has 0 bridgehead atoms. The highest BCUT2D eigenvalue weighted by atomic mass is 16.5. The zero-order valence-corrected chi connectivity index (χ0v) is 11.7. The van der Waals surface area contributed by atoms with Crippen LogP contribution in [-0.2, 0) is 4.74 Å². The molecular weight excluding hydrogens is 254 g/mol. The summed E-state index contributed by atoms with van der Waals surface area (Å²) in [4.78, 5) is 4.38. The van der Waals surface area contributed by atoms with Crippen molar-refractivity contribution in [2.45, 2.75) is 38.0 Å². The number of guanidine groups is 1. The molecule has 1 saturated heterocycles. The van der Waals surface area contributed by atoms with Crippen molar-refractivity contribution in [1.82, 2.24) is 5.32 Å². The lowest BCUT2D eigenvalue weighted by molar-refractivity contribution is 0.117. The Morgan fingerprint density at radius 3 is 3.10 bits per heavy atom. The molecule has 0 aromatic heterocycles. The number of fused-ring (bicyclic) bond motifs is 1. The number of aliphatic imine (C=N–C) groups is 1. The predicted molar refractivity (Wildman–Crippen MR) is 77.9 cm³/mol. The molecule has 2 aliphatic heterocycles. The maximum absolute atomic E-state index is 5.98. The molecule has 1 aromatic carbocycles. The molecule has 0 saturated carbocycles. The number of nitrogens with two attached hydrogens (primary N) is 1. The van der Waals surface area contributed by atoms with Gasteiger partial charge in [-0.25, -0.2) is 0 Å². The van der Waals surface area contributed by atoms with E-state index in [2.05, 4.69) is 16.4 Å². The first-order chi connectivity index (χ1) is 9.74. The number of nitrogens with zero attached hydrogens (tertiary/aromatic N) is 1. The van der Waals surface area contributed by atoms with Gasteiger partial charge in [-0.15, -0.1) is 0 Å². The van der Waals surface area contributed by atoms with E-state index in [0.717, 1.165) is 30.8 Å². The summed E-state index contributed by atoms with van der Waals surface area (Å²) in [6.45, 7) is 3.50. The number of benzene rings is 1. The SMILES string of the molecule is CC1Oc2ccccc2C1NC(N)=NCC1CCCO1. The Hall–Kier alpha value is -1.75. The fraction of sp³-hybridized carbons (Fsp3) is 0.533.